The molecule has 0 saturated heterocycles. The molecule has 0 atom stereocenters. The highest BCUT2D eigenvalue weighted by atomic mass is 35.5. The summed E-state index contributed by atoms with van der Waals surface area (Å²) in [6.45, 7) is 0. The van der Waals surface area contributed by atoms with Crippen LogP contribution in [-0.2, 0) is 0 Å². The lowest BCUT2D eigenvalue weighted by Crippen LogP contribution is -1.92. The molecule has 1 aromatic heterocycles. The van der Waals surface area contributed by atoms with E-state index in [1.54, 1.807) is 0 Å². The molecule has 3 aromatic rings. The Morgan fingerprint density at radius 1 is 0.900 bits per heavy atom. The van der Waals surface area contributed by atoms with Gasteiger partial charge in [0.05, 0.1) is 0 Å². The predicted octanol–water partition coefficient (Wildman–Crippen LogP) is 5.13. The first-order valence-corrected chi connectivity index (χ1v) is 6.94. The zero-order chi connectivity index (χ0) is 13.9. The Labute approximate surface area is 127 Å². The van der Waals surface area contributed by atoms with Gasteiger partial charge in [0.25, 0.3) is 0 Å². The molecule has 20 heavy (non-hydrogen) atoms. The van der Waals surface area contributed by atoms with E-state index in [4.69, 9.17) is 23.8 Å². The molecule has 0 radical (unpaired) electrons. The fourth-order valence-corrected chi connectivity index (χ4v) is 2.40. The Morgan fingerprint density at radius 3 is 2.40 bits per heavy atom. The number of halogens is 1. The Morgan fingerprint density at radius 2 is 1.65 bits per heavy atom. The fraction of sp³-hybridized carbons (Fsp3) is 0. The third-order valence-corrected chi connectivity index (χ3v) is 3.37. The van der Waals surface area contributed by atoms with E-state index in [0.717, 1.165) is 22.6 Å². The minimum atomic E-state index is 0.553. The Kier molecular flexibility index (Phi) is 3.63. The third-order valence-electron chi connectivity index (χ3n) is 2.93. The van der Waals surface area contributed by atoms with E-state index >= 15 is 0 Å². The second-order valence-electron chi connectivity index (χ2n) is 4.36. The van der Waals surface area contributed by atoms with Crippen molar-refractivity contribution in [3.63, 3.8) is 0 Å². The van der Waals surface area contributed by atoms with Crippen LogP contribution in [-0.4, -0.2) is 9.97 Å². The SMILES string of the molecule is S=c1cc(-c2cccc(Cl)c2)[nH]c(-c2ccccc2)n1. The monoisotopic (exact) mass is 298 g/mol. The molecule has 0 amide bonds. The van der Waals surface area contributed by atoms with Gasteiger partial charge in [-0.25, -0.2) is 4.98 Å². The second-order valence-corrected chi connectivity index (χ2v) is 5.21. The van der Waals surface area contributed by atoms with Gasteiger partial charge < -0.3 is 4.98 Å². The van der Waals surface area contributed by atoms with Crippen molar-refractivity contribution in [1.29, 1.82) is 0 Å². The number of aromatic nitrogens is 2. The summed E-state index contributed by atoms with van der Waals surface area (Å²) in [7, 11) is 0. The van der Waals surface area contributed by atoms with E-state index in [1.807, 2.05) is 60.7 Å². The van der Waals surface area contributed by atoms with Crippen molar-refractivity contribution in [3.05, 3.63) is 70.3 Å². The molecule has 0 aliphatic heterocycles. The molecule has 0 bridgehead atoms. The second kappa shape index (κ2) is 5.57. The van der Waals surface area contributed by atoms with Crippen LogP contribution >= 0.6 is 23.8 Å². The van der Waals surface area contributed by atoms with Crippen LogP contribution in [0.5, 0.6) is 0 Å². The average molecular weight is 299 g/mol. The van der Waals surface area contributed by atoms with E-state index in [2.05, 4.69) is 9.97 Å². The average Bonchev–Trinajstić information content (AvgIpc) is 2.47. The number of nitrogens with one attached hydrogen (secondary N) is 1. The number of hydrogen-bond donors (Lipinski definition) is 1. The van der Waals surface area contributed by atoms with Crippen molar-refractivity contribution in [1.82, 2.24) is 9.97 Å². The number of hydrogen-bond acceptors (Lipinski definition) is 2. The van der Waals surface area contributed by atoms with Crippen LogP contribution < -0.4 is 0 Å². The summed E-state index contributed by atoms with van der Waals surface area (Å²) >= 11 is 11.3. The van der Waals surface area contributed by atoms with E-state index < -0.39 is 0 Å². The van der Waals surface area contributed by atoms with Crippen molar-refractivity contribution >= 4 is 23.8 Å². The van der Waals surface area contributed by atoms with Crippen molar-refractivity contribution in [2.45, 2.75) is 0 Å². The van der Waals surface area contributed by atoms with E-state index in [0.29, 0.717) is 9.66 Å². The van der Waals surface area contributed by atoms with Crippen LogP contribution in [0, 0.1) is 4.64 Å². The van der Waals surface area contributed by atoms with Crippen molar-refractivity contribution < 1.29 is 0 Å². The van der Waals surface area contributed by atoms with E-state index in [9.17, 15) is 0 Å². The van der Waals surface area contributed by atoms with Gasteiger partial charge >= 0.3 is 0 Å². The first-order valence-electron chi connectivity index (χ1n) is 6.15. The molecule has 1 heterocycles. The Bertz CT molecular complexity index is 797. The van der Waals surface area contributed by atoms with Crippen LogP contribution in [0.3, 0.4) is 0 Å². The first-order chi connectivity index (χ1) is 9.72. The molecule has 2 aromatic carbocycles. The van der Waals surface area contributed by atoms with Gasteiger partial charge in [-0.2, -0.15) is 0 Å². The van der Waals surface area contributed by atoms with Crippen LogP contribution in [0.4, 0.5) is 0 Å². The summed E-state index contributed by atoms with van der Waals surface area (Å²) in [4.78, 5) is 7.69. The largest absolute Gasteiger partial charge is 0.339 e. The molecule has 98 valence electrons. The fourth-order valence-electron chi connectivity index (χ4n) is 2.00. The summed E-state index contributed by atoms with van der Waals surface area (Å²) in [5.74, 6) is 0.757. The van der Waals surface area contributed by atoms with Crippen molar-refractivity contribution in [3.8, 4) is 22.6 Å². The molecule has 3 rings (SSSR count). The molecule has 2 nitrogen and oxygen atoms in total. The maximum atomic E-state index is 6.04. The van der Waals surface area contributed by atoms with Gasteiger partial charge in [0.2, 0.25) is 0 Å². The maximum Gasteiger partial charge on any atom is 0.139 e. The highest BCUT2D eigenvalue weighted by Gasteiger charge is 2.04. The first kappa shape index (κ1) is 13.0. The molecular weight excluding hydrogens is 288 g/mol. The van der Waals surface area contributed by atoms with Gasteiger partial charge in [-0.1, -0.05) is 66.3 Å². The standard InChI is InChI=1S/C16H11ClN2S/c17-13-8-4-7-12(9-13)14-10-15(20)19-16(18-14)11-5-2-1-3-6-11/h1-10H,(H,18,19,20). The summed E-state index contributed by atoms with van der Waals surface area (Å²) in [6, 6.07) is 19.4. The highest BCUT2D eigenvalue weighted by Crippen LogP contribution is 2.23. The zero-order valence-electron chi connectivity index (χ0n) is 10.5. The van der Waals surface area contributed by atoms with Gasteiger partial charge in [0.1, 0.15) is 10.5 Å². The van der Waals surface area contributed by atoms with Crippen LogP contribution in [0.1, 0.15) is 0 Å². The smallest absolute Gasteiger partial charge is 0.139 e. The van der Waals surface area contributed by atoms with Crippen LogP contribution in [0.25, 0.3) is 22.6 Å². The molecule has 0 aliphatic rings. The Hall–Kier alpha value is -1.97. The van der Waals surface area contributed by atoms with Crippen molar-refractivity contribution in [2.75, 3.05) is 0 Å². The summed E-state index contributed by atoms with van der Waals surface area (Å²) < 4.78 is 0.553. The molecule has 0 saturated carbocycles. The molecule has 1 N–H and O–H groups in total. The third kappa shape index (κ3) is 2.79. The molecule has 4 heteroatoms. The number of H-pyrrole nitrogens is 1. The predicted molar refractivity (Wildman–Crippen MR) is 85.3 cm³/mol. The minimum absolute atomic E-state index is 0.553. The Balaban J connectivity index is 2.15. The van der Waals surface area contributed by atoms with Crippen molar-refractivity contribution in [2.24, 2.45) is 0 Å². The van der Waals surface area contributed by atoms with Gasteiger partial charge in [-0.3, -0.25) is 0 Å². The van der Waals surface area contributed by atoms with Gasteiger partial charge in [-0.15, -0.1) is 0 Å². The molecule has 0 fully saturated rings. The summed E-state index contributed by atoms with van der Waals surface area (Å²) in [5, 5.41) is 0.694. The maximum absolute atomic E-state index is 6.04. The lowest BCUT2D eigenvalue weighted by Gasteiger charge is -2.06. The quantitative estimate of drug-likeness (QED) is 0.665. The summed E-state index contributed by atoms with van der Waals surface area (Å²) in [5.41, 5.74) is 2.90. The number of benzene rings is 2. The molecule has 0 spiro atoms. The highest BCUT2D eigenvalue weighted by molar-refractivity contribution is 7.71. The zero-order valence-corrected chi connectivity index (χ0v) is 12.1. The number of aromatic amines is 1. The van der Waals surface area contributed by atoms with E-state index in [-0.39, 0.29) is 0 Å². The lowest BCUT2D eigenvalue weighted by molar-refractivity contribution is 1.16. The number of nitrogens with zero attached hydrogens (tertiary/aromatic N) is 1. The lowest BCUT2D eigenvalue weighted by atomic mass is 10.1. The van der Waals surface area contributed by atoms with Crippen LogP contribution in [0.15, 0.2) is 60.7 Å². The van der Waals surface area contributed by atoms with Gasteiger partial charge in [0, 0.05) is 16.3 Å². The van der Waals surface area contributed by atoms with Gasteiger partial charge in [0.15, 0.2) is 0 Å². The summed E-state index contributed by atoms with van der Waals surface area (Å²) in [6.07, 6.45) is 0. The minimum Gasteiger partial charge on any atom is -0.339 e. The van der Waals surface area contributed by atoms with Gasteiger partial charge in [-0.05, 0) is 23.8 Å². The van der Waals surface area contributed by atoms with E-state index in [1.165, 1.54) is 0 Å². The number of rotatable bonds is 2. The molecular formula is C16H11ClN2S. The normalized spacial score (nSPS) is 10.4. The van der Waals surface area contributed by atoms with Crippen LogP contribution in [0.2, 0.25) is 5.02 Å². The topological polar surface area (TPSA) is 28.7 Å². The molecule has 0 aliphatic carbocycles. The molecule has 0 unspecified atom stereocenters.